The smallest absolute Gasteiger partial charge is 0.232 e. The van der Waals surface area contributed by atoms with Crippen LogP contribution >= 0.6 is 0 Å². The van der Waals surface area contributed by atoms with Gasteiger partial charge in [0, 0.05) is 11.8 Å². The highest BCUT2D eigenvalue weighted by Crippen LogP contribution is 2.19. The highest BCUT2D eigenvalue weighted by atomic mass is 32.2. The molecule has 0 aliphatic carbocycles. The van der Waals surface area contributed by atoms with Gasteiger partial charge in [0.15, 0.2) is 0 Å². The molecule has 1 aromatic heterocycles. The van der Waals surface area contributed by atoms with Crippen LogP contribution in [0.1, 0.15) is 25.6 Å². The van der Waals surface area contributed by atoms with Crippen molar-refractivity contribution in [2.24, 2.45) is 0 Å². The third kappa shape index (κ3) is 3.47. The monoisotopic (exact) mass is 232 g/mol. The summed E-state index contributed by atoms with van der Waals surface area (Å²) in [5.74, 6) is -0.0254. The average molecular weight is 232 g/mol. The number of rotatable bonds is 4. The summed E-state index contributed by atoms with van der Waals surface area (Å²) in [4.78, 5) is 3.76. The highest BCUT2D eigenvalue weighted by molar-refractivity contribution is 7.92. The molecule has 1 atom stereocenters. The topological polar surface area (TPSA) is 59.1 Å². The van der Waals surface area contributed by atoms with E-state index in [1.54, 1.807) is 0 Å². The van der Waals surface area contributed by atoms with Gasteiger partial charge in [-0.25, -0.2) is 12.8 Å². The van der Waals surface area contributed by atoms with Crippen LogP contribution in [0.2, 0.25) is 0 Å². The molecule has 1 heterocycles. The zero-order chi connectivity index (χ0) is 11.5. The summed E-state index contributed by atoms with van der Waals surface area (Å²) in [6.45, 7) is 2.90. The van der Waals surface area contributed by atoms with Crippen molar-refractivity contribution in [3.05, 3.63) is 24.0 Å². The lowest BCUT2D eigenvalue weighted by atomic mass is 10.2. The average Bonchev–Trinajstić information content (AvgIpc) is 2.17. The summed E-state index contributed by atoms with van der Waals surface area (Å²) in [6.07, 6.45) is 1.55. The van der Waals surface area contributed by atoms with Gasteiger partial charge < -0.3 is 0 Å². The van der Waals surface area contributed by atoms with Gasteiger partial charge >= 0.3 is 0 Å². The van der Waals surface area contributed by atoms with E-state index in [0.717, 1.165) is 0 Å². The lowest BCUT2D eigenvalue weighted by Gasteiger charge is -2.07. The van der Waals surface area contributed by atoms with Crippen LogP contribution in [0.15, 0.2) is 18.5 Å². The quantitative estimate of drug-likeness (QED) is 0.862. The molecule has 1 rings (SSSR count). The molecule has 0 bridgehead atoms. The van der Waals surface area contributed by atoms with Gasteiger partial charge in [-0.1, -0.05) is 0 Å². The third-order valence-corrected chi connectivity index (χ3v) is 3.18. The van der Waals surface area contributed by atoms with Crippen LogP contribution in [-0.4, -0.2) is 19.2 Å². The van der Waals surface area contributed by atoms with Crippen molar-refractivity contribution in [2.45, 2.75) is 20.0 Å². The second-order valence-electron chi connectivity index (χ2n) is 3.13. The van der Waals surface area contributed by atoms with E-state index in [-0.39, 0.29) is 5.75 Å². The maximum atomic E-state index is 12.9. The fourth-order valence-corrected chi connectivity index (χ4v) is 1.60. The van der Waals surface area contributed by atoms with Crippen LogP contribution in [-0.2, 0) is 10.0 Å². The number of sulfonamides is 1. The van der Waals surface area contributed by atoms with Crippen molar-refractivity contribution in [3.8, 4) is 0 Å². The Bertz CT molecular complexity index is 431. The van der Waals surface area contributed by atoms with Gasteiger partial charge in [-0.3, -0.25) is 9.71 Å². The Labute approximate surface area is 88.6 Å². The summed E-state index contributed by atoms with van der Waals surface area (Å²) in [5, 5.41) is 0. The molecule has 0 saturated heterocycles. The minimum absolute atomic E-state index is 0.0254. The van der Waals surface area contributed by atoms with E-state index in [0.29, 0.717) is 11.3 Å². The van der Waals surface area contributed by atoms with Gasteiger partial charge in [0.2, 0.25) is 10.0 Å². The Morgan fingerprint density at radius 1 is 1.53 bits per heavy atom. The van der Waals surface area contributed by atoms with Crippen molar-refractivity contribution in [2.75, 3.05) is 10.5 Å². The number of anilines is 1. The molecule has 6 heteroatoms. The van der Waals surface area contributed by atoms with E-state index < -0.39 is 16.2 Å². The second-order valence-corrected chi connectivity index (χ2v) is 5.14. The molecule has 0 saturated carbocycles. The maximum absolute atomic E-state index is 12.9. The summed E-state index contributed by atoms with van der Waals surface area (Å²) >= 11 is 0. The SMILES string of the molecule is CCS(=O)(=O)Nc1cncc([C@@H](C)F)c1. The summed E-state index contributed by atoms with van der Waals surface area (Å²) in [7, 11) is -3.33. The van der Waals surface area contributed by atoms with Crippen molar-refractivity contribution < 1.29 is 12.8 Å². The molecule has 4 nitrogen and oxygen atoms in total. The number of hydrogen-bond donors (Lipinski definition) is 1. The lowest BCUT2D eigenvalue weighted by Crippen LogP contribution is -2.14. The summed E-state index contributed by atoms with van der Waals surface area (Å²) < 4.78 is 37.7. The largest absolute Gasteiger partial charge is 0.282 e. The Morgan fingerprint density at radius 3 is 2.73 bits per heavy atom. The van der Waals surface area contributed by atoms with Crippen molar-refractivity contribution >= 4 is 15.7 Å². The van der Waals surface area contributed by atoms with Crippen LogP contribution in [0.25, 0.3) is 0 Å². The molecule has 84 valence electrons. The van der Waals surface area contributed by atoms with Crippen LogP contribution in [0.5, 0.6) is 0 Å². The molecule has 0 fully saturated rings. The predicted molar refractivity (Wildman–Crippen MR) is 56.8 cm³/mol. The Hall–Kier alpha value is -1.17. The first-order valence-corrected chi connectivity index (χ1v) is 6.19. The van der Waals surface area contributed by atoms with Gasteiger partial charge in [0.25, 0.3) is 0 Å². The Morgan fingerprint density at radius 2 is 2.20 bits per heavy atom. The highest BCUT2D eigenvalue weighted by Gasteiger charge is 2.09. The molecule has 0 unspecified atom stereocenters. The molecule has 0 aliphatic heterocycles. The molecular formula is C9H13FN2O2S. The number of alkyl halides is 1. The molecule has 0 amide bonds. The van der Waals surface area contributed by atoms with Crippen molar-refractivity contribution in [1.29, 1.82) is 0 Å². The lowest BCUT2D eigenvalue weighted by molar-refractivity contribution is 0.373. The van der Waals surface area contributed by atoms with Crippen LogP contribution in [0.3, 0.4) is 0 Å². The zero-order valence-electron chi connectivity index (χ0n) is 8.57. The number of aromatic nitrogens is 1. The van der Waals surface area contributed by atoms with Gasteiger partial charge in [-0.15, -0.1) is 0 Å². The first-order chi connectivity index (χ1) is 6.94. The number of hydrogen-bond acceptors (Lipinski definition) is 3. The summed E-state index contributed by atoms with van der Waals surface area (Å²) in [5.41, 5.74) is 0.644. The number of nitrogens with zero attached hydrogens (tertiary/aromatic N) is 1. The standard InChI is InChI=1S/C9H13FN2O2S/c1-3-15(13,14)12-9-4-8(7(2)10)5-11-6-9/h4-7,12H,3H2,1-2H3/t7-/m1/s1. The van der Waals surface area contributed by atoms with Crippen molar-refractivity contribution in [1.82, 2.24) is 4.98 Å². The van der Waals surface area contributed by atoms with Gasteiger partial charge in [-0.05, 0) is 19.9 Å². The van der Waals surface area contributed by atoms with Gasteiger partial charge in [0.1, 0.15) is 6.17 Å². The fraction of sp³-hybridized carbons (Fsp3) is 0.444. The molecule has 0 radical (unpaired) electrons. The minimum Gasteiger partial charge on any atom is -0.282 e. The molecule has 0 spiro atoms. The normalized spacial score (nSPS) is 13.5. The van der Waals surface area contributed by atoms with E-state index in [1.807, 2.05) is 0 Å². The molecule has 15 heavy (non-hydrogen) atoms. The number of pyridine rings is 1. The van der Waals surface area contributed by atoms with E-state index in [9.17, 15) is 12.8 Å². The van der Waals surface area contributed by atoms with Crippen LogP contribution < -0.4 is 4.72 Å². The number of halogens is 1. The Kier molecular flexibility index (Phi) is 3.62. The van der Waals surface area contributed by atoms with E-state index >= 15 is 0 Å². The first kappa shape index (κ1) is 11.9. The first-order valence-electron chi connectivity index (χ1n) is 4.54. The molecule has 0 aromatic carbocycles. The van der Waals surface area contributed by atoms with Crippen LogP contribution in [0, 0.1) is 0 Å². The summed E-state index contributed by atoms with van der Waals surface area (Å²) in [6, 6.07) is 1.44. The van der Waals surface area contributed by atoms with Gasteiger partial charge in [-0.2, -0.15) is 0 Å². The molecular weight excluding hydrogens is 219 g/mol. The van der Waals surface area contributed by atoms with Crippen LogP contribution in [0.4, 0.5) is 10.1 Å². The fourth-order valence-electron chi connectivity index (χ4n) is 0.983. The van der Waals surface area contributed by atoms with E-state index in [1.165, 1.54) is 32.3 Å². The van der Waals surface area contributed by atoms with E-state index in [2.05, 4.69) is 9.71 Å². The van der Waals surface area contributed by atoms with Crippen molar-refractivity contribution in [3.63, 3.8) is 0 Å². The maximum Gasteiger partial charge on any atom is 0.232 e. The predicted octanol–water partition coefficient (Wildman–Crippen LogP) is 1.87. The Balaban J connectivity index is 2.92. The number of nitrogens with one attached hydrogen (secondary N) is 1. The van der Waals surface area contributed by atoms with E-state index in [4.69, 9.17) is 0 Å². The second kappa shape index (κ2) is 4.57. The molecule has 1 N–H and O–H groups in total. The van der Waals surface area contributed by atoms with Gasteiger partial charge in [0.05, 0.1) is 17.6 Å². The molecule has 1 aromatic rings. The third-order valence-electron chi connectivity index (χ3n) is 1.87. The minimum atomic E-state index is -3.33. The molecule has 0 aliphatic rings. The zero-order valence-corrected chi connectivity index (χ0v) is 9.38.